The molecule has 0 aromatic carbocycles. The third-order valence-electron chi connectivity index (χ3n) is 2.68. The summed E-state index contributed by atoms with van der Waals surface area (Å²) in [5.41, 5.74) is 0.830. The highest BCUT2D eigenvalue weighted by Gasteiger charge is 2.24. The fourth-order valence-electron chi connectivity index (χ4n) is 1.75. The highest BCUT2D eigenvalue weighted by molar-refractivity contribution is 5.42. The number of rotatable bonds is 5. The number of nitrogens with one attached hydrogen (secondary N) is 1. The molecule has 15 heavy (non-hydrogen) atoms. The van der Waals surface area contributed by atoms with Gasteiger partial charge in [-0.1, -0.05) is 6.92 Å². The van der Waals surface area contributed by atoms with Gasteiger partial charge in [-0.2, -0.15) is 5.10 Å². The molecule has 1 aliphatic carbocycles. The summed E-state index contributed by atoms with van der Waals surface area (Å²) < 4.78 is 0. The molecule has 1 saturated carbocycles. The van der Waals surface area contributed by atoms with Crippen molar-refractivity contribution in [1.82, 2.24) is 10.2 Å². The van der Waals surface area contributed by atoms with E-state index < -0.39 is 0 Å². The van der Waals surface area contributed by atoms with Crippen LogP contribution in [0.5, 0.6) is 0 Å². The Morgan fingerprint density at radius 2 is 2.40 bits per heavy atom. The third kappa shape index (κ3) is 2.81. The largest absolute Gasteiger partial charge is 0.370 e. The number of H-pyrrole nitrogens is 1. The van der Waals surface area contributed by atoms with Crippen LogP contribution in [0.2, 0.25) is 0 Å². The van der Waals surface area contributed by atoms with Crippen molar-refractivity contribution in [2.75, 3.05) is 18.0 Å². The lowest BCUT2D eigenvalue weighted by molar-refractivity contribution is 0.704. The first-order chi connectivity index (χ1) is 7.29. The average molecular weight is 207 g/mol. The minimum atomic E-state index is -0.121. The van der Waals surface area contributed by atoms with Crippen molar-refractivity contribution in [2.45, 2.75) is 26.2 Å². The number of aromatic amines is 1. The van der Waals surface area contributed by atoms with E-state index in [0.29, 0.717) is 0 Å². The van der Waals surface area contributed by atoms with Gasteiger partial charge in [0.05, 0.1) is 11.9 Å². The van der Waals surface area contributed by atoms with Crippen molar-refractivity contribution in [1.29, 1.82) is 0 Å². The first kappa shape index (κ1) is 10.2. The van der Waals surface area contributed by atoms with Crippen molar-refractivity contribution < 1.29 is 0 Å². The Hall–Kier alpha value is -1.32. The molecule has 0 radical (unpaired) electrons. The van der Waals surface area contributed by atoms with Gasteiger partial charge in [-0.05, 0) is 25.2 Å². The van der Waals surface area contributed by atoms with Crippen LogP contribution in [0, 0.1) is 5.92 Å². The fraction of sp³-hybridized carbons (Fsp3) is 0.636. The number of nitrogens with zero attached hydrogens (tertiary/aromatic N) is 2. The summed E-state index contributed by atoms with van der Waals surface area (Å²) in [4.78, 5) is 13.4. The Balaban J connectivity index is 2.11. The van der Waals surface area contributed by atoms with E-state index in [0.717, 1.165) is 31.1 Å². The Morgan fingerprint density at radius 3 is 3.00 bits per heavy atom. The van der Waals surface area contributed by atoms with Crippen molar-refractivity contribution in [3.8, 4) is 0 Å². The lowest BCUT2D eigenvalue weighted by atomic mass is 10.3. The molecule has 0 atom stereocenters. The fourth-order valence-corrected chi connectivity index (χ4v) is 1.75. The molecule has 82 valence electrons. The van der Waals surface area contributed by atoms with Crippen LogP contribution in [-0.4, -0.2) is 23.3 Å². The van der Waals surface area contributed by atoms with Crippen LogP contribution in [0.3, 0.4) is 0 Å². The Bertz CT molecular complexity index is 370. The summed E-state index contributed by atoms with van der Waals surface area (Å²) in [7, 11) is 0. The molecule has 1 aliphatic rings. The second-order valence-electron chi connectivity index (χ2n) is 4.19. The lowest BCUT2D eigenvalue weighted by Crippen LogP contribution is -2.28. The molecule has 0 unspecified atom stereocenters. The molecule has 0 aliphatic heterocycles. The highest BCUT2D eigenvalue weighted by Crippen LogP contribution is 2.31. The van der Waals surface area contributed by atoms with E-state index in [-0.39, 0.29) is 5.56 Å². The van der Waals surface area contributed by atoms with Gasteiger partial charge in [0.15, 0.2) is 0 Å². The van der Waals surface area contributed by atoms with Gasteiger partial charge in [0.2, 0.25) is 0 Å². The first-order valence-electron chi connectivity index (χ1n) is 5.59. The maximum Gasteiger partial charge on any atom is 0.266 e. The second-order valence-corrected chi connectivity index (χ2v) is 4.19. The predicted octanol–water partition coefficient (Wildman–Crippen LogP) is 1.40. The van der Waals surface area contributed by atoms with E-state index in [9.17, 15) is 4.79 Å². The number of aromatic nitrogens is 2. The van der Waals surface area contributed by atoms with Crippen LogP contribution >= 0.6 is 0 Å². The number of anilines is 1. The molecule has 4 nitrogen and oxygen atoms in total. The van der Waals surface area contributed by atoms with Gasteiger partial charge in [-0.3, -0.25) is 4.79 Å². The van der Waals surface area contributed by atoms with Crippen molar-refractivity contribution >= 4 is 5.69 Å². The van der Waals surface area contributed by atoms with E-state index in [1.165, 1.54) is 12.8 Å². The summed E-state index contributed by atoms with van der Waals surface area (Å²) in [5, 5.41) is 6.24. The topological polar surface area (TPSA) is 49.0 Å². The summed E-state index contributed by atoms with van der Waals surface area (Å²) in [6.07, 6.45) is 5.49. The van der Waals surface area contributed by atoms with E-state index >= 15 is 0 Å². The van der Waals surface area contributed by atoms with Crippen LogP contribution < -0.4 is 10.5 Å². The summed E-state index contributed by atoms with van der Waals surface area (Å²) in [5.74, 6) is 0.829. The molecule has 0 spiro atoms. The minimum Gasteiger partial charge on any atom is -0.370 e. The van der Waals surface area contributed by atoms with Crippen LogP contribution in [0.15, 0.2) is 17.1 Å². The van der Waals surface area contributed by atoms with Gasteiger partial charge in [0.25, 0.3) is 5.56 Å². The van der Waals surface area contributed by atoms with E-state index in [1.807, 2.05) is 0 Å². The maximum atomic E-state index is 11.2. The van der Waals surface area contributed by atoms with Crippen molar-refractivity contribution in [2.24, 2.45) is 5.92 Å². The van der Waals surface area contributed by atoms with Crippen LogP contribution in [-0.2, 0) is 0 Å². The van der Waals surface area contributed by atoms with E-state index in [2.05, 4.69) is 22.0 Å². The summed E-state index contributed by atoms with van der Waals surface area (Å²) >= 11 is 0. The van der Waals surface area contributed by atoms with Crippen molar-refractivity contribution in [3.05, 3.63) is 22.6 Å². The van der Waals surface area contributed by atoms with Crippen LogP contribution in [0.1, 0.15) is 26.2 Å². The molecule has 1 aromatic heterocycles. The smallest absolute Gasteiger partial charge is 0.266 e. The molecule has 1 fully saturated rings. The van der Waals surface area contributed by atoms with E-state index in [4.69, 9.17) is 0 Å². The third-order valence-corrected chi connectivity index (χ3v) is 2.68. The minimum absolute atomic E-state index is 0.121. The quantitative estimate of drug-likeness (QED) is 0.794. The normalized spacial score (nSPS) is 15.3. The average Bonchev–Trinajstić information content (AvgIpc) is 3.01. The van der Waals surface area contributed by atoms with Gasteiger partial charge < -0.3 is 4.90 Å². The lowest BCUT2D eigenvalue weighted by Gasteiger charge is -2.23. The van der Waals surface area contributed by atoms with Crippen molar-refractivity contribution in [3.63, 3.8) is 0 Å². The highest BCUT2D eigenvalue weighted by atomic mass is 16.1. The predicted molar refractivity (Wildman–Crippen MR) is 60.1 cm³/mol. The zero-order chi connectivity index (χ0) is 10.7. The molecule has 2 rings (SSSR count). The molecular formula is C11H17N3O. The van der Waals surface area contributed by atoms with Crippen LogP contribution in [0.4, 0.5) is 5.69 Å². The molecule has 0 bridgehead atoms. The number of hydrogen-bond acceptors (Lipinski definition) is 3. The molecule has 1 aromatic rings. The summed E-state index contributed by atoms with van der Waals surface area (Å²) in [6, 6.07) is 1.63. The zero-order valence-corrected chi connectivity index (χ0v) is 9.07. The zero-order valence-electron chi connectivity index (χ0n) is 9.07. The monoisotopic (exact) mass is 207 g/mol. The Kier molecular flexibility index (Phi) is 3.04. The molecule has 0 amide bonds. The standard InChI is InChI=1S/C11H17N3O/c1-2-5-14(8-9-3-4-9)10-6-11(15)13-12-7-10/h6-7,9H,2-5,8H2,1H3,(H,13,15). The van der Waals surface area contributed by atoms with Gasteiger partial charge in [0, 0.05) is 19.2 Å². The molecule has 4 heteroatoms. The second kappa shape index (κ2) is 4.47. The molecule has 1 N–H and O–H groups in total. The Labute approximate surface area is 89.3 Å². The summed E-state index contributed by atoms with van der Waals surface area (Å²) in [6.45, 7) is 4.22. The van der Waals surface area contributed by atoms with E-state index in [1.54, 1.807) is 12.3 Å². The first-order valence-corrected chi connectivity index (χ1v) is 5.59. The molecule has 1 heterocycles. The maximum absolute atomic E-state index is 11.2. The van der Waals surface area contributed by atoms with Gasteiger partial charge in [-0.25, -0.2) is 5.10 Å². The van der Waals surface area contributed by atoms with Gasteiger partial charge in [0.1, 0.15) is 0 Å². The number of hydrogen-bond donors (Lipinski definition) is 1. The Morgan fingerprint density at radius 1 is 1.60 bits per heavy atom. The van der Waals surface area contributed by atoms with Gasteiger partial charge >= 0.3 is 0 Å². The SMILES string of the molecule is CCCN(CC1CC1)c1cn[nH]c(=O)c1. The van der Waals surface area contributed by atoms with Gasteiger partial charge in [-0.15, -0.1) is 0 Å². The molecular weight excluding hydrogens is 190 g/mol. The molecule has 0 saturated heterocycles. The van der Waals surface area contributed by atoms with Crippen LogP contribution in [0.25, 0.3) is 0 Å².